The first-order valence-electron chi connectivity index (χ1n) is 25.0. The molecule has 0 aliphatic rings. The summed E-state index contributed by atoms with van der Waals surface area (Å²) in [5.74, 6) is 0. The number of nitro groups is 2. The third-order valence-corrected chi connectivity index (χ3v) is 14.8. The molecule has 22 nitrogen and oxygen atoms in total. The van der Waals surface area contributed by atoms with Gasteiger partial charge in [-0.15, -0.1) is 0 Å². The SMILES string of the molecule is Cc1cc(C#N)c(C#N)cc1C.N#Cc1c(Cl)c(Cl)c(Cl)c(Cl)c1C#N.N#Cc1c(Cl)ccc(Cl)c1C#N.N#Cc1ccc(Cl)c(Cl)c1C#N.N#Cc1ccc(Cl)cc1C#N.N#Cc1ccc([N+](=O)[O-])cc1C#N.N#Cc1cccc([N+](=O)[O-])c1C#N.N#Cc1ccccc1C#N. The van der Waals surface area contributed by atoms with Crippen LogP contribution in [-0.2, 0) is 0 Å². The zero-order valence-electron chi connectivity index (χ0n) is 48.6. The van der Waals surface area contributed by atoms with Crippen molar-refractivity contribution in [2.24, 2.45) is 0 Å². The molecular weight excluding hydrogens is 1430 g/mol. The molecule has 0 fully saturated rings. The molecule has 31 heteroatoms. The Kier molecular flexibility index (Phi) is 35.7. The number of nitrogens with zero attached hydrogens (tertiary/aromatic N) is 18. The number of rotatable bonds is 2. The molecule has 0 heterocycles. The van der Waals surface area contributed by atoms with Crippen molar-refractivity contribution in [3.63, 3.8) is 0 Å². The Morgan fingerprint density at radius 1 is 0.278 bits per heavy atom. The van der Waals surface area contributed by atoms with E-state index in [1.807, 2.05) is 74.5 Å². The highest BCUT2D eigenvalue weighted by Gasteiger charge is 2.20. The first kappa shape index (κ1) is 82.0. The van der Waals surface area contributed by atoms with Crippen molar-refractivity contribution in [1.29, 1.82) is 84.2 Å². The Hall–Kier alpha value is -13.0. The maximum atomic E-state index is 10.4. The van der Waals surface area contributed by atoms with Crippen LogP contribution in [0, 0.1) is 215 Å². The van der Waals surface area contributed by atoms with Gasteiger partial charge in [-0.3, -0.25) is 20.2 Å². The number of aryl methyl sites for hydroxylation is 2. The van der Waals surface area contributed by atoms with Crippen LogP contribution in [0.1, 0.15) is 100 Å². The van der Waals surface area contributed by atoms with Gasteiger partial charge in [0.1, 0.15) is 103 Å². The zero-order chi connectivity index (χ0) is 73.6. The van der Waals surface area contributed by atoms with E-state index in [1.54, 1.807) is 78.9 Å². The molecule has 0 amide bonds. The van der Waals surface area contributed by atoms with Gasteiger partial charge in [0.25, 0.3) is 11.4 Å². The Labute approximate surface area is 597 Å². The minimum absolute atomic E-state index is 0.0196. The van der Waals surface area contributed by atoms with Crippen molar-refractivity contribution in [2.45, 2.75) is 13.8 Å². The van der Waals surface area contributed by atoms with Gasteiger partial charge in [-0.05, 0) is 104 Å². The lowest BCUT2D eigenvalue weighted by Gasteiger charge is -2.05. The van der Waals surface area contributed by atoms with Crippen LogP contribution in [0.3, 0.4) is 0 Å². The van der Waals surface area contributed by atoms with Gasteiger partial charge < -0.3 is 0 Å². The Morgan fingerprint density at radius 3 is 0.959 bits per heavy atom. The summed E-state index contributed by atoms with van der Waals surface area (Å²) in [6.45, 7) is 3.86. The van der Waals surface area contributed by atoms with Crippen LogP contribution in [0.5, 0.6) is 0 Å². The highest BCUT2D eigenvalue weighted by Crippen LogP contribution is 2.41. The van der Waals surface area contributed by atoms with Gasteiger partial charge in [0.05, 0.1) is 133 Å². The summed E-state index contributed by atoms with van der Waals surface area (Å²) in [7, 11) is 0. The lowest BCUT2D eigenvalue weighted by Crippen LogP contribution is -1.94. The maximum absolute atomic E-state index is 10.4. The topological polar surface area (TPSA) is 467 Å². The van der Waals surface area contributed by atoms with E-state index >= 15 is 0 Å². The van der Waals surface area contributed by atoms with Crippen LogP contribution in [0.4, 0.5) is 11.4 Å². The van der Waals surface area contributed by atoms with E-state index < -0.39 is 9.85 Å². The zero-order valence-corrected chi connectivity index (χ0v) is 55.4. The van der Waals surface area contributed by atoms with Crippen LogP contribution in [0.2, 0.25) is 45.2 Å². The smallest absolute Gasteiger partial charge is 0.258 e. The molecule has 8 aromatic carbocycles. The van der Waals surface area contributed by atoms with Crippen LogP contribution in [0.15, 0.2) is 115 Å². The average molecular weight is 1450 g/mol. The highest BCUT2D eigenvalue weighted by atomic mass is 35.5. The fourth-order valence-electron chi connectivity index (χ4n) is 6.49. The summed E-state index contributed by atoms with van der Waals surface area (Å²) in [5, 5.41) is 159. The summed E-state index contributed by atoms with van der Waals surface area (Å²) in [5.41, 5.74) is 4.57. The predicted octanol–water partition coefficient (Wildman–Crippen LogP) is 17.8. The number of benzene rings is 8. The minimum atomic E-state index is -0.681. The molecular formula is C66H25Cl9N18O4. The number of halogens is 9. The summed E-state index contributed by atoms with van der Waals surface area (Å²) < 4.78 is 0. The molecule has 0 aromatic heterocycles. The van der Waals surface area contributed by atoms with Crippen molar-refractivity contribution in [3.05, 3.63) is 281 Å². The quantitative estimate of drug-likeness (QED) is 0.0671. The molecule has 0 saturated heterocycles. The van der Waals surface area contributed by atoms with E-state index in [0.717, 1.165) is 17.2 Å². The number of hydrogen-bond donors (Lipinski definition) is 0. The van der Waals surface area contributed by atoms with Gasteiger partial charge in [-0.2, -0.15) is 84.2 Å². The van der Waals surface area contributed by atoms with Crippen molar-refractivity contribution < 1.29 is 9.85 Å². The van der Waals surface area contributed by atoms with Crippen LogP contribution in [0.25, 0.3) is 0 Å². The molecule has 8 rings (SSSR count). The first-order chi connectivity index (χ1) is 46.2. The average Bonchev–Trinajstić information content (AvgIpc) is 0.810. The van der Waals surface area contributed by atoms with Crippen molar-refractivity contribution in [3.8, 4) is 97.1 Å². The summed E-state index contributed by atoms with van der Waals surface area (Å²) in [4.78, 5) is 19.4. The molecule has 8 aromatic rings. The molecule has 0 atom stereocenters. The summed E-state index contributed by atoms with van der Waals surface area (Å²) >= 11 is 51.0. The van der Waals surface area contributed by atoms with Crippen molar-refractivity contribution >= 4 is 116 Å². The molecule has 97 heavy (non-hydrogen) atoms. The lowest BCUT2D eigenvalue weighted by atomic mass is 10.0. The fourth-order valence-corrected chi connectivity index (χ4v) is 8.36. The minimum Gasteiger partial charge on any atom is -0.258 e. The Bertz CT molecular complexity index is 4960. The largest absolute Gasteiger partial charge is 0.288 e. The molecule has 0 radical (unpaired) electrons. The monoisotopic (exact) mass is 1450 g/mol. The Morgan fingerprint density at radius 2 is 0.598 bits per heavy atom. The van der Waals surface area contributed by atoms with E-state index in [0.29, 0.717) is 38.4 Å². The van der Waals surface area contributed by atoms with Crippen LogP contribution < -0.4 is 0 Å². The molecule has 0 N–H and O–H groups in total. The Balaban J connectivity index is 0.000000555. The van der Waals surface area contributed by atoms with Gasteiger partial charge in [-0.1, -0.05) is 123 Å². The van der Waals surface area contributed by atoms with Gasteiger partial charge >= 0.3 is 0 Å². The summed E-state index contributed by atoms with van der Waals surface area (Å²) in [6, 6.07) is 57.4. The normalized spacial score (nSPS) is 8.57. The molecule has 0 spiro atoms. The van der Waals surface area contributed by atoms with Gasteiger partial charge in [0.2, 0.25) is 0 Å². The van der Waals surface area contributed by atoms with Gasteiger partial charge in [-0.25, -0.2) is 0 Å². The third-order valence-electron chi connectivity index (χ3n) is 11.3. The molecule has 466 valence electrons. The fraction of sp³-hybridized carbons (Fsp3) is 0.0303. The molecule has 0 aliphatic heterocycles. The van der Waals surface area contributed by atoms with Crippen molar-refractivity contribution in [2.75, 3.05) is 0 Å². The van der Waals surface area contributed by atoms with E-state index in [9.17, 15) is 20.2 Å². The van der Waals surface area contributed by atoms with E-state index in [1.165, 1.54) is 66.7 Å². The molecule has 0 bridgehead atoms. The number of nitro benzene ring substituents is 2. The van der Waals surface area contributed by atoms with Crippen molar-refractivity contribution in [1.82, 2.24) is 0 Å². The standard InChI is InChI=1S/C10H8N2.C8Cl4N2.2C8H2Cl2N2.C8H3ClN2.2C8H3N3O2.C8H4N2/c1-7-3-9(5-11)10(6-12)4-8(7)2;9-5-3(1-13)4(2-14)6(10)8(12)7(5)11;9-7-1-2-8(10)6(4-12)5(7)3-11;9-7-2-1-5(3-11)6(4-12)8(7)10;9-8-2-1-6(4-10)7(3-8)5-11;9-4-6-1-2-8(11(12)13)3-7(6)5-10;9-4-6-2-1-3-8(11(12)13)7(6)5-10;9-5-7-3-1-2-4-8(7)6-10/h3-4H,1-2H3;;2*1-2H;1-3H;2*1-3H;1-4H. The molecule has 0 saturated carbocycles. The molecule has 0 aliphatic carbocycles. The van der Waals surface area contributed by atoms with Crippen LogP contribution >= 0.6 is 104 Å². The summed E-state index contributed by atoms with van der Waals surface area (Å²) in [6.07, 6.45) is 0. The van der Waals surface area contributed by atoms with E-state index in [-0.39, 0.29) is 107 Å². The third kappa shape index (κ3) is 23.6. The second-order valence-corrected chi connectivity index (χ2v) is 20.6. The second kappa shape index (κ2) is 42.2. The predicted molar refractivity (Wildman–Crippen MR) is 355 cm³/mol. The lowest BCUT2D eigenvalue weighted by molar-refractivity contribution is -0.385. The van der Waals surface area contributed by atoms with E-state index in [2.05, 4.69) is 0 Å². The van der Waals surface area contributed by atoms with Gasteiger partial charge in [0, 0.05) is 23.2 Å². The highest BCUT2D eigenvalue weighted by molar-refractivity contribution is 6.52. The van der Waals surface area contributed by atoms with E-state index in [4.69, 9.17) is 189 Å². The number of nitriles is 16. The van der Waals surface area contributed by atoms with Gasteiger partial charge in [0.15, 0.2) is 0 Å². The van der Waals surface area contributed by atoms with Crippen LogP contribution in [-0.4, -0.2) is 9.85 Å². The maximum Gasteiger partial charge on any atom is 0.288 e. The number of hydrogen-bond acceptors (Lipinski definition) is 20. The number of non-ortho nitro benzene ring substituents is 1. The second-order valence-electron chi connectivity index (χ2n) is 17.0. The molecule has 0 unspecified atom stereocenters. The first-order valence-corrected chi connectivity index (χ1v) is 28.4.